The highest BCUT2D eigenvalue weighted by Gasteiger charge is 2.65. The molecule has 2 aliphatic carbocycles. The summed E-state index contributed by atoms with van der Waals surface area (Å²) in [4.78, 5) is 19.2. The smallest absolute Gasteiger partial charge is 0.229 e. The number of fused-ring (bicyclic) bond motifs is 1. The molecule has 7 heteroatoms. The highest BCUT2D eigenvalue weighted by atomic mass is 35.5. The maximum absolute atomic E-state index is 14.4. The molecule has 4 aliphatic rings. The molecule has 1 aromatic heterocycles. The summed E-state index contributed by atoms with van der Waals surface area (Å²) >= 11 is 6.67. The molecule has 32 heavy (non-hydrogen) atoms. The topological polar surface area (TPSA) is 54.5 Å². The number of likely N-dealkylation sites (tertiary alicyclic amines) is 1. The van der Waals surface area contributed by atoms with E-state index in [1.54, 1.807) is 6.20 Å². The van der Waals surface area contributed by atoms with Crippen molar-refractivity contribution in [3.8, 4) is 0 Å². The van der Waals surface area contributed by atoms with E-state index in [0.717, 1.165) is 53.7 Å². The number of rotatable bonds is 4. The number of carbonyl (C=O) groups is 1. The number of hydrogen-bond donors (Lipinski definition) is 1. The molecule has 2 aliphatic heterocycles. The Balaban J connectivity index is 1.18. The largest absolute Gasteiger partial charge is 0.376 e. The van der Waals surface area contributed by atoms with Crippen LogP contribution in [0.2, 0.25) is 5.02 Å². The molecular weight excluding hydrogens is 429 g/mol. The number of hydrogen-bond acceptors (Lipinski definition) is 4. The van der Waals surface area contributed by atoms with Crippen LogP contribution in [0.5, 0.6) is 0 Å². The van der Waals surface area contributed by atoms with E-state index in [0.29, 0.717) is 23.8 Å². The van der Waals surface area contributed by atoms with Crippen LogP contribution in [0.1, 0.15) is 50.5 Å². The lowest BCUT2D eigenvalue weighted by Crippen LogP contribution is -2.55. The van der Waals surface area contributed by atoms with E-state index < -0.39 is 11.7 Å². The molecule has 0 radical (unpaired) electrons. The summed E-state index contributed by atoms with van der Waals surface area (Å²) in [5.74, 6) is 1.21. The van der Waals surface area contributed by atoms with Crippen molar-refractivity contribution in [2.75, 3.05) is 31.6 Å². The monoisotopic (exact) mass is 457 g/mol. The van der Waals surface area contributed by atoms with Crippen LogP contribution >= 0.6 is 11.6 Å². The number of piperidine rings is 1. The van der Waals surface area contributed by atoms with Gasteiger partial charge in [0.2, 0.25) is 5.91 Å². The first-order valence-corrected chi connectivity index (χ1v) is 12.1. The molecule has 3 heterocycles. The van der Waals surface area contributed by atoms with Gasteiger partial charge in [-0.2, -0.15) is 0 Å². The maximum atomic E-state index is 14.4. The molecule has 1 spiro atoms. The normalized spacial score (nSPS) is 31.8. The van der Waals surface area contributed by atoms with Crippen molar-refractivity contribution >= 4 is 34.1 Å². The second-order valence-corrected chi connectivity index (χ2v) is 10.9. The SMILES string of the molecule is C[C@@]1(N2CCC(c3cc4cc(NC(=O)[C@@H]5CC56CC6)ncc4cc3Cl)CC2)COC[C@@H]1F. The number of halogens is 2. The molecule has 1 aromatic carbocycles. The molecule has 1 amide bonds. The van der Waals surface area contributed by atoms with Gasteiger partial charge in [-0.3, -0.25) is 9.69 Å². The number of anilines is 1. The number of amides is 1. The van der Waals surface area contributed by atoms with Gasteiger partial charge in [-0.05, 0) is 92.6 Å². The highest BCUT2D eigenvalue weighted by molar-refractivity contribution is 6.32. The number of aromatic nitrogens is 1. The Labute approximate surface area is 192 Å². The Morgan fingerprint density at radius 2 is 2.03 bits per heavy atom. The van der Waals surface area contributed by atoms with Crippen molar-refractivity contribution in [3.05, 3.63) is 35.0 Å². The van der Waals surface area contributed by atoms with Gasteiger partial charge in [0.15, 0.2) is 0 Å². The van der Waals surface area contributed by atoms with Gasteiger partial charge in [0.05, 0.1) is 18.8 Å². The minimum atomic E-state index is -0.935. The van der Waals surface area contributed by atoms with E-state index in [4.69, 9.17) is 16.3 Å². The molecule has 2 aromatic rings. The van der Waals surface area contributed by atoms with Crippen LogP contribution in [0.4, 0.5) is 10.2 Å². The molecule has 6 rings (SSSR count). The number of benzene rings is 1. The first-order valence-electron chi connectivity index (χ1n) is 11.7. The number of carbonyl (C=O) groups excluding carboxylic acids is 1. The van der Waals surface area contributed by atoms with Crippen LogP contribution in [-0.4, -0.2) is 53.8 Å². The summed E-state index contributed by atoms with van der Waals surface area (Å²) in [7, 11) is 0. The molecule has 2 saturated heterocycles. The van der Waals surface area contributed by atoms with E-state index in [-0.39, 0.29) is 18.4 Å². The van der Waals surface area contributed by atoms with Crippen molar-refractivity contribution in [3.63, 3.8) is 0 Å². The van der Waals surface area contributed by atoms with Crippen LogP contribution in [0, 0.1) is 11.3 Å². The Morgan fingerprint density at radius 3 is 2.69 bits per heavy atom. The van der Waals surface area contributed by atoms with Gasteiger partial charge in [-0.25, -0.2) is 9.37 Å². The first kappa shape index (κ1) is 20.8. The minimum absolute atomic E-state index is 0.103. The van der Waals surface area contributed by atoms with E-state index in [1.165, 1.54) is 12.8 Å². The van der Waals surface area contributed by atoms with Crippen LogP contribution in [0.25, 0.3) is 10.8 Å². The van der Waals surface area contributed by atoms with E-state index in [1.807, 2.05) is 19.1 Å². The van der Waals surface area contributed by atoms with Gasteiger partial charge < -0.3 is 10.1 Å². The van der Waals surface area contributed by atoms with Crippen molar-refractivity contribution < 1.29 is 13.9 Å². The summed E-state index contributed by atoms with van der Waals surface area (Å²) in [5.41, 5.74) is 0.948. The third kappa shape index (κ3) is 3.42. The molecule has 2 saturated carbocycles. The van der Waals surface area contributed by atoms with Gasteiger partial charge in [0, 0.05) is 22.5 Å². The van der Waals surface area contributed by atoms with Gasteiger partial charge in [0.1, 0.15) is 12.0 Å². The molecule has 1 N–H and O–H groups in total. The highest BCUT2D eigenvalue weighted by Crippen LogP contribution is 2.70. The van der Waals surface area contributed by atoms with Crippen LogP contribution in [0.15, 0.2) is 24.4 Å². The van der Waals surface area contributed by atoms with Crippen molar-refractivity contribution in [2.24, 2.45) is 11.3 Å². The van der Waals surface area contributed by atoms with E-state index >= 15 is 0 Å². The number of nitrogens with one attached hydrogen (secondary N) is 1. The quantitative estimate of drug-likeness (QED) is 0.707. The standard InChI is InChI=1S/C25H29ClFN3O2/c1-24(14-32-13-21(24)27)30-6-2-15(3-7-30)18-8-16-10-22(28-12-17(16)9-20(18)26)29-23(31)19-11-25(19)4-5-25/h8-10,12,15,19,21H,2-7,11,13-14H2,1H3,(H,28,29,31)/t19-,21-,24+/m0/s1. The number of ether oxygens (including phenoxy) is 1. The van der Waals surface area contributed by atoms with Crippen molar-refractivity contribution in [2.45, 2.75) is 56.7 Å². The fraction of sp³-hybridized carbons (Fsp3) is 0.600. The summed E-state index contributed by atoms with van der Waals surface area (Å²) in [5, 5.41) is 5.77. The zero-order chi connectivity index (χ0) is 22.1. The fourth-order valence-corrected chi connectivity index (χ4v) is 6.17. The second kappa shape index (κ2) is 7.37. The van der Waals surface area contributed by atoms with Crippen molar-refractivity contribution in [1.29, 1.82) is 0 Å². The fourth-order valence-electron chi connectivity index (χ4n) is 5.84. The Hall–Kier alpha value is -1.76. The summed E-state index contributed by atoms with van der Waals surface area (Å²) < 4.78 is 19.8. The van der Waals surface area contributed by atoms with Crippen LogP contribution in [0.3, 0.4) is 0 Å². The third-order valence-corrected chi connectivity index (χ3v) is 8.80. The predicted molar refractivity (Wildman–Crippen MR) is 123 cm³/mol. The molecule has 170 valence electrons. The summed E-state index contributed by atoms with van der Waals surface area (Å²) in [6.07, 6.45) is 6.13. The first-order chi connectivity index (χ1) is 15.4. The van der Waals surface area contributed by atoms with Crippen LogP contribution < -0.4 is 5.32 Å². The van der Waals surface area contributed by atoms with Crippen LogP contribution in [-0.2, 0) is 9.53 Å². The number of nitrogens with zero attached hydrogens (tertiary/aromatic N) is 2. The Morgan fingerprint density at radius 1 is 1.25 bits per heavy atom. The lowest BCUT2D eigenvalue weighted by Gasteiger charge is -2.43. The maximum Gasteiger partial charge on any atom is 0.229 e. The zero-order valence-corrected chi connectivity index (χ0v) is 19.1. The van der Waals surface area contributed by atoms with Gasteiger partial charge in [-0.15, -0.1) is 0 Å². The lowest BCUT2D eigenvalue weighted by atomic mass is 9.85. The molecule has 0 unspecified atom stereocenters. The average molecular weight is 458 g/mol. The van der Waals surface area contributed by atoms with Gasteiger partial charge in [0.25, 0.3) is 0 Å². The second-order valence-electron chi connectivity index (χ2n) is 10.5. The summed E-state index contributed by atoms with van der Waals surface area (Å²) in [6.45, 7) is 4.30. The minimum Gasteiger partial charge on any atom is -0.376 e. The molecule has 5 nitrogen and oxygen atoms in total. The third-order valence-electron chi connectivity index (χ3n) is 8.48. The number of alkyl halides is 1. The van der Waals surface area contributed by atoms with Gasteiger partial charge >= 0.3 is 0 Å². The molecule has 4 fully saturated rings. The van der Waals surface area contributed by atoms with Gasteiger partial charge in [-0.1, -0.05) is 11.6 Å². The average Bonchev–Trinajstić information content (AvgIpc) is 3.70. The number of pyridine rings is 1. The predicted octanol–water partition coefficient (Wildman–Crippen LogP) is 4.93. The van der Waals surface area contributed by atoms with E-state index in [2.05, 4.69) is 21.3 Å². The van der Waals surface area contributed by atoms with Crippen molar-refractivity contribution in [1.82, 2.24) is 9.88 Å². The summed E-state index contributed by atoms with van der Waals surface area (Å²) in [6, 6.07) is 6.07. The zero-order valence-electron chi connectivity index (χ0n) is 18.4. The lowest BCUT2D eigenvalue weighted by molar-refractivity contribution is -0.117. The van der Waals surface area contributed by atoms with E-state index in [9.17, 15) is 9.18 Å². The Kier molecular flexibility index (Phi) is 4.80. The molecular formula is C25H29ClFN3O2. The molecule has 3 atom stereocenters. The Bertz CT molecular complexity index is 1080. The molecule has 0 bridgehead atoms.